The van der Waals surface area contributed by atoms with Crippen LogP contribution in [0.15, 0.2) is 24.4 Å². The largest absolute Gasteiger partial charge is 0.442 e. The Kier molecular flexibility index (Phi) is 5.68. The number of aromatic nitrogens is 1. The molecule has 0 spiro atoms. The molecule has 0 aliphatic rings. The lowest BCUT2D eigenvalue weighted by Crippen LogP contribution is -2.36. The van der Waals surface area contributed by atoms with E-state index in [0.29, 0.717) is 0 Å². The van der Waals surface area contributed by atoms with Crippen molar-refractivity contribution < 1.29 is 19.0 Å². The number of nitrogens with zero attached hydrogens (tertiary/aromatic N) is 3. The van der Waals surface area contributed by atoms with Crippen LogP contribution in [0, 0.1) is 17.1 Å². The Balaban J connectivity index is 2.04. The van der Waals surface area contributed by atoms with Crippen LogP contribution in [0.4, 0.5) is 14.3 Å². The third-order valence-electron chi connectivity index (χ3n) is 2.88. The maximum Gasteiger partial charge on any atom is 0.323 e. The van der Waals surface area contributed by atoms with E-state index in [9.17, 15) is 14.3 Å². The summed E-state index contributed by atoms with van der Waals surface area (Å²) >= 11 is 1.01. The van der Waals surface area contributed by atoms with E-state index < -0.39 is 18.0 Å². The van der Waals surface area contributed by atoms with Gasteiger partial charge in [-0.3, -0.25) is 5.32 Å². The number of likely N-dealkylation sites (N-methyl/N-ethyl adjacent to an activating group) is 1. The Hall–Kier alpha value is -2.70. The van der Waals surface area contributed by atoms with Gasteiger partial charge in [-0.2, -0.15) is 5.26 Å². The van der Waals surface area contributed by atoms with Gasteiger partial charge in [-0.25, -0.2) is 14.2 Å². The predicted octanol–water partition coefficient (Wildman–Crippen LogP) is 2.79. The van der Waals surface area contributed by atoms with Crippen LogP contribution in [-0.4, -0.2) is 40.7 Å². The van der Waals surface area contributed by atoms with Crippen LogP contribution < -0.4 is 10.1 Å². The van der Waals surface area contributed by atoms with Crippen molar-refractivity contribution in [2.75, 3.05) is 18.9 Å². The van der Waals surface area contributed by atoms with Gasteiger partial charge < -0.3 is 14.7 Å². The van der Waals surface area contributed by atoms with Crippen LogP contribution in [-0.2, 0) is 0 Å². The number of benzene rings is 1. The number of hydrogen-bond donors (Lipinski definition) is 2. The molecule has 2 N–H and O–H groups in total. The van der Waals surface area contributed by atoms with Crippen LogP contribution in [0.3, 0.4) is 0 Å². The third-order valence-corrected chi connectivity index (χ3v) is 3.67. The number of carbonyl (C=O) groups is 1. The molecule has 2 amide bonds. The van der Waals surface area contributed by atoms with Crippen molar-refractivity contribution in [1.82, 2.24) is 9.88 Å². The summed E-state index contributed by atoms with van der Waals surface area (Å²) in [6, 6.07) is 5.54. The van der Waals surface area contributed by atoms with Crippen LogP contribution in [0.2, 0.25) is 0 Å². The zero-order chi connectivity index (χ0) is 17.7. The summed E-state index contributed by atoms with van der Waals surface area (Å²) in [4.78, 5) is 17.2. The Bertz CT molecular complexity index is 772. The molecule has 1 aromatic heterocycles. The number of aliphatic hydroxyl groups excluding tert-OH is 1. The highest BCUT2D eigenvalue weighted by atomic mass is 32.1. The number of nitriles is 1. The van der Waals surface area contributed by atoms with Crippen molar-refractivity contribution in [3.05, 3.63) is 35.8 Å². The summed E-state index contributed by atoms with van der Waals surface area (Å²) in [6.45, 7) is 1.75. The number of amides is 2. The first kappa shape index (κ1) is 17.7. The van der Waals surface area contributed by atoms with E-state index in [1.165, 1.54) is 36.3 Å². The number of ether oxygens (including phenoxy) is 1. The molecule has 0 bridgehead atoms. The van der Waals surface area contributed by atoms with Crippen molar-refractivity contribution in [2.24, 2.45) is 0 Å². The fraction of sp³-hybridized carbons (Fsp3) is 0.267. The van der Waals surface area contributed by atoms with Gasteiger partial charge in [0.1, 0.15) is 6.07 Å². The molecule has 2 rings (SSSR count). The minimum absolute atomic E-state index is 0.0956. The summed E-state index contributed by atoms with van der Waals surface area (Å²) in [7, 11) is 1.54. The van der Waals surface area contributed by atoms with E-state index in [0.717, 1.165) is 11.3 Å². The van der Waals surface area contributed by atoms with Gasteiger partial charge in [-0.15, -0.1) is 0 Å². The number of halogens is 1. The average molecular weight is 350 g/mol. The summed E-state index contributed by atoms with van der Waals surface area (Å²) in [5.41, 5.74) is -0.120. The lowest BCUT2D eigenvalue weighted by Gasteiger charge is -2.18. The second-order valence-electron chi connectivity index (χ2n) is 4.98. The Morgan fingerprint density at radius 3 is 3.04 bits per heavy atom. The predicted molar refractivity (Wildman–Crippen MR) is 86.6 cm³/mol. The Labute approximate surface area is 141 Å². The zero-order valence-corrected chi connectivity index (χ0v) is 13.8. The molecule has 0 aliphatic carbocycles. The smallest absolute Gasteiger partial charge is 0.323 e. The molecule has 24 heavy (non-hydrogen) atoms. The van der Waals surface area contributed by atoms with Gasteiger partial charge in [-0.05, 0) is 19.1 Å². The number of thiazole rings is 1. The topological polar surface area (TPSA) is 98.5 Å². The number of hydrogen-bond acceptors (Lipinski definition) is 6. The number of carbonyl (C=O) groups excluding carboxylic acids is 1. The molecule has 0 saturated carbocycles. The number of anilines is 1. The van der Waals surface area contributed by atoms with Gasteiger partial charge in [0.05, 0.1) is 17.9 Å². The highest BCUT2D eigenvalue weighted by Gasteiger charge is 2.15. The van der Waals surface area contributed by atoms with Gasteiger partial charge in [0.15, 0.2) is 16.7 Å². The van der Waals surface area contributed by atoms with E-state index in [4.69, 9.17) is 10.00 Å². The first-order chi connectivity index (χ1) is 11.4. The van der Waals surface area contributed by atoms with Gasteiger partial charge >= 0.3 is 6.03 Å². The molecule has 126 valence electrons. The van der Waals surface area contributed by atoms with Crippen molar-refractivity contribution in [1.29, 1.82) is 5.26 Å². The monoisotopic (exact) mass is 350 g/mol. The molecule has 1 aromatic carbocycles. The summed E-state index contributed by atoms with van der Waals surface area (Å²) in [5.74, 6) is -0.850. The van der Waals surface area contributed by atoms with Crippen molar-refractivity contribution in [3.8, 4) is 16.9 Å². The van der Waals surface area contributed by atoms with Gasteiger partial charge in [0.25, 0.3) is 0 Å². The Morgan fingerprint density at radius 2 is 2.38 bits per heavy atom. The first-order valence-electron chi connectivity index (χ1n) is 6.93. The van der Waals surface area contributed by atoms with Crippen molar-refractivity contribution >= 4 is 22.5 Å². The molecule has 0 fully saturated rings. The maximum absolute atomic E-state index is 13.9. The number of rotatable bonds is 5. The second-order valence-corrected chi connectivity index (χ2v) is 5.97. The normalized spacial score (nSPS) is 11.5. The van der Waals surface area contributed by atoms with Crippen LogP contribution >= 0.6 is 11.3 Å². The lowest BCUT2D eigenvalue weighted by molar-refractivity contribution is 0.149. The highest BCUT2D eigenvalue weighted by molar-refractivity contribution is 7.17. The van der Waals surface area contributed by atoms with E-state index in [1.807, 2.05) is 0 Å². The summed E-state index contributed by atoms with van der Waals surface area (Å²) in [5, 5.41) is 21.1. The van der Waals surface area contributed by atoms with Gasteiger partial charge in [0.2, 0.25) is 5.06 Å². The second kappa shape index (κ2) is 7.72. The number of urea groups is 1. The molecule has 9 heteroatoms. The average Bonchev–Trinajstić information content (AvgIpc) is 2.95. The fourth-order valence-corrected chi connectivity index (χ4v) is 2.49. The molecule has 1 atom stereocenters. The molecule has 0 aliphatic heterocycles. The molecule has 0 saturated heterocycles. The SMILES string of the molecule is C[C@H](O)CN(C)C(=O)Nc1ncc(Oc2cccc(C#N)c2F)s1. The minimum Gasteiger partial charge on any atom is -0.442 e. The zero-order valence-electron chi connectivity index (χ0n) is 13.0. The summed E-state index contributed by atoms with van der Waals surface area (Å²) in [6.07, 6.45) is 0.694. The number of nitrogens with one attached hydrogen (secondary N) is 1. The molecule has 7 nitrogen and oxygen atoms in total. The lowest BCUT2D eigenvalue weighted by atomic mass is 10.2. The fourth-order valence-electron chi connectivity index (χ4n) is 1.81. The minimum atomic E-state index is -0.754. The van der Waals surface area contributed by atoms with Crippen LogP contribution in [0.1, 0.15) is 12.5 Å². The maximum atomic E-state index is 13.9. The van der Waals surface area contributed by atoms with E-state index in [2.05, 4.69) is 10.3 Å². The Morgan fingerprint density at radius 1 is 1.62 bits per heavy atom. The standard InChI is InChI=1S/C15H15FN4O3S/c1-9(21)8-20(2)15(22)19-14-18-7-12(24-14)23-11-5-3-4-10(6-17)13(11)16/h3-5,7,9,21H,8H2,1-2H3,(H,18,19,22)/t9-/m0/s1. The summed E-state index contributed by atoms with van der Waals surface area (Å²) < 4.78 is 19.3. The molecule has 2 aromatic rings. The number of aliphatic hydroxyl groups is 1. The highest BCUT2D eigenvalue weighted by Crippen LogP contribution is 2.32. The van der Waals surface area contributed by atoms with E-state index in [-0.39, 0.29) is 28.1 Å². The first-order valence-corrected chi connectivity index (χ1v) is 7.75. The quantitative estimate of drug-likeness (QED) is 0.864. The molecule has 0 unspecified atom stereocenters. The molecular formula is C15H15FN4O3S. The van der Waals surface area contributed by atoms with Crippen molar-refractivity contribution in [2.45, 2.75) is 13.0 Å². The van der Waals surface area contributed by atoms with Crippen molar-refractivity contribution in [3.63, 3.8) is 0 Å². The van der Waals surface area contributed by atoms with Gasteiger partial charge in [-0.1, -0.05) is 17.4 Å². The van der Waals surface area contributed by atoms with E-state index in [1.54, 1.807) is 13.0 Å². The van der Waals surface area contributed by atoms with E-state index >= 15 is 0 Å². The molecular weight excluding hydrogens is 335 g/mol. The van der Waals surface area contributed by atoms with Gasteiger partial charge in [0, 0.05) is 13.6 Å². The third kappa shape index (κ3) is 4.41. The molecule has 0 radical (unpaired) electrons. The van der Waals surface area contributed by atoms with Crippen LogP contribution in [0.5, 0.6) is 10.8 Å². The van der Waals surface area contributed by atoms with Crippen LogP contribution in [0.25, 0.3) is 0 Å². The molecule has 1 heterocycles.